The van der Waals surface area contributed by atoms with Crippen LogP contribution in [0.15, 0.2) is 36.5 Å². The van der Waals surface area contributed by atoms with E-state index in [0.29, 0.717) is 40.5 Å². The van der Waals surface area contributed by atoms with E-state index in [0.717, 1.165) is 12.8 Å². The average molecular weight is 492 g/mol. The monoisotopic (exact) mass is 491 g/mol. The zero-order valence-corrected chi connectivity index (χ0v) is 19.8. The van der Waals surface area contributed by atoms with Gasteiger partial charge in [0.05, 0.1) is 48.2 Å². The number of nitrogens with zero attached hydrogens (tertiary/aromatic N) is 4. The van der Waals surface area contributed by atoms with Crippen LogP contribution in [0.25, 0.3) is 22.6 Å². The van der Waals surface area contributed by atoms with E-state index < -0.39 is 11.7 Å². The first-order chi connectivity index (χ1) is 17.4. The van der Waals surface area contributed by atoms with Gasteiger partial charge in [-0.15, -0.1) is 0 Å². The van der Waals surface area contributed by atoms with Crippen LogP contribution < -0.4 is 10.6 Å². The van der Waals surface area contributed by atoms with E-state index in [1.54, 1.807) is 31.3 Å². The van der Waals surface area contributed by atoms with E-state index in [1.165, 1.54) is 12.1 Å². The number of carbonyl (C=O) groups is 1. The minimum atomic E-state index is -0.892. The van der Waals surface area contributed by atoms with Crippen LogP contribution in [0, 0.1) is 22.6 Å². The number of hydrogen-bond acceptors (Lipinski definition) is 8. The van der Waals surface area contributed by atoms with Crippen molar-refractivity contribution in [3.8, 4) is 28.7 Å². The lowest BCUT2D eigenvalue weighted by atomic mass is 9.91. The fraction of sp³-hybridized carbons (Fsp3) is 0.400. The van der Waals surface area contributed by atoms with Gasteiger partial charge >= 0.3 is 0 Å². The Bertz CT molecular complexity index is 1280. The number of ether oxygens (including phenoxy) is 2. The number of amides is 1. The number of hydrogen-bond donors (Lipinski definition) is 3. The second-order valence-corrected chi connectivity index (χ2v) is 9.22. The topological polar surface area (TPSA) is 138 Å². The predicted octanol–water partition coefficient (Wildman–Crippen LogP) is 3.33. The zero-order valence-electron chi connectivity index (χ0n) is 19.8. The van der Waals surface area contributed by atoms with Gasteiger partial charge in [-0.1, -0.05) is 0 Å². The Hall–Kier alpha value is -3.88. The second-order valence-electron chi connectivity index (χ2n) is 9.22. The fourth-order valence-corrected chi connectivity index (χ4v) is 3.83. The summed E-state index contributed by atoms with van der Waals surface area (Å²) in [5, 5.41) is 14.7. The van der Waals surface area contributed by atoms with Gasteiger partial charge in [0.15, 0.2) is 5.82 Å². The number of anilines is 1. The normalized spacial score (nSPS) is 21.5. The molecule has 5 rings (SSSR count). The number of aromatic amines is 1. The number of aromatic nitrogens is 4. The molecule has 1 saturated carbocycles. The van der Waals surface area contributed by atoms with Crippen LogP contribution in [0.1, 0.15) is 38.3 Å². The molecule has 2 aliphatic rings. The van der Waals surface area contributed by atoms with Crippen LogP contribution in [0.3, 0.4) is 0 Å². The number of H-pyrrole nitrogens is 1. The predicted molar refractivity (Wildman–Crippen MR) is 128 cm³/mol. The molecule has 0 bridgehead atoms. The first kappa shape index (κ1) is 23.8. The van der Waals surface area contributed by atoms with Gasteiger partial charge in [-0.05, 0) is 50.1 Å². The van der Waals surface area contributed by atoms with Gasteiger partial charge in [0.2, 0.25) is 18.1 Å². The summed E-state index contributed by atoms with van der Waals surface area (Å²) in [6.45, 7) is 2.24. The third-order valence-corrected chi connectivity index (χ3v) is 6.06. The zero-order chi connectivity index (χ0) is 25.1. The summed E-state index contributed by atoms with van der Waals surface area (Å²) in [7, 11) is 0. The number of nitriles is 1. The Morgan fingerprint density at radius 3 is 2.67 bits per heavy atom. The van der Waals surface area contributed by atoms with Crippen LogP contribution in [-0.4, -0.2) is 51.6 Å². The molecule has 2 fully saturated rings. The molecule has 0 radical (unpaired) electrons. The van der Waals surface area contributed by atoms with Crippen LogP contribution in [0.4, 0.5) is 10.3 Å². The molecule has 1 aliphatic carbocycles. The lowest BCUT2D eigenvalue weighted by molar-refractivity contribution is -0.231. The molecule has 0 atom stereocenters. The Morgan fingerprint density at radius 1 is 1.22 bits per heavy atom. The van der Waals surface area contributed by atoms with Crippen molar-refractivity contribution < 1.29 is 18.7 Å². The highest BCUT2D eigenvalue weighted by atomic mass is 19.1. The molecule has 1 amide bonds. The van der Waals surface area contributed by atoms with Crippen LogP contribution >= 0.6 is 0 Å². The Kier molecular flexibility index (Phi) is 6.63. The van der Waals surface area contributed by atoms with Crippen LogP contribution in [-0.2, 0) is 14.3 Å². The quantitative estimate of drug-likeness (QED) is 0.408. The molecular formula is C25H26FN7O3. The van der Waals surface area contributed by atoms with E-state index in [2.05, 4.69) is 25.6 Å². The van der Waals surface area contributed by atoms with Gasteiger partial charge in [0.1, 0.15) is 5.82 Å². The van der Waals surface area contributed by atoms with Crippen molar-refractivity contribution >= 4 is 11.9 Å². The molecule has 186 valence electrons. The highest BCUT2D eigenvalue weighted by Crippen LogP contribution is 2.36. The van der Waals surface area contributed by atoms with Gasteiger partial charge in [-0.2, -0.15) is 5.26 Å². The number of rotatable bonds is 8. The maximum atomic E-state index is 13.6. The van der Waals surface area contributed by atoms with E-state index in [4.69, 9.17) is 19.7 Å². The highest BCUT2D eigenvalue weighted by Gasteiger charge is 2.40. The third-order valence-electron chi connectivity index (χ3n) is 6.06. The van der Waals surface area contributed by atoms with E-state index in [9.17, 15) is 9.18 Å². The van der Waals surface area contributed by atoms with Crippen molar-refractivity contribution in [1.82, 2.24) is 25.3 Å². The SMILES string of the molecule is CC1(C(=O)NCCC#N)COC(c2nc(-c3ccc(F)cc3)c(-c3ccnc(NC4CC4)n3)[nH]2)OC1. The molecule has 10 nitrogen and oxygen atoms in total. The smallest absolute Gasteiger partial charge is 0.230 e. The minimum Gasteiger partial charge on any atom is -0.354 e. The van der Waals surface area contributed by atoms with Crippen molar-refractivity contribution in [3.05, 3.63) is 48.2 Å². The van der Waals surface area contributed by atoms with Crippen molar-refractivity contribution in [1.29, 1.82) is 5.26 Å². The van der Waals surface area contributed by atoms with Crippen molar-refractivity contribution in [3.63, 3.8) is 0 Å². The van der Waals surface area contributed by atoms with E-state index in [1.807, 2.05) is 6.07 Å². The average Bonchev–Trinajstić information content (AvgIpc) is 3.59. The third kappa shape index (κ3) is 5.19. The summed E-state index contributed by atoms with van der Waals surface area (Å²) in [6.07, 6.45) is 3.26. The van der Waals surface area contributed by atoms with Gasteiger partial charge in [-0.3, -0.25) is 4.79 Å². The standard InChI is InChI=1S/C25H26FN7O3/c1-25(23(34)28-11-2-10-27)13-35-22(36-14-25)21-32-19(15-3-5-16(26)6-4-15)20(33-21)18-9-12-29-24(31-18)30-17-7-8-17/h3-6,9,12,17,22H,2,7-8,11,13-14H2,1H3,(H,28,34)(H,32,33)(H,29,30,31). The first-order valence-corrected chi connectivity index (χ1v) is 11.8. The molecule has 1 aromatic carbocycles. The first-order valence-electron chi connectivity index (χ1n) is 11.8. The molecule has 0 spiro atoms. The summed E-state index contributed by atoms with van der Waals surface area (Å²) < 4.78 is 25.4. The van der Waals surface area contributed by atoms with Crippen molar-refractivity contribution in [2.75, 3.05) is 25.1 Å². The minimum absolute atomic E-state index is 0.112. The van der Waals surface area contributed by atoms with Gasteiger partial charge < -0.3 is 25.1 Å². The second kappa shape index (κ2) is 10.0. The van der Waals surface area contributed by atoms with Gasteiger partial charge in [0, 0.05) is 24.3 Å². The largest absolute Gasteiger partial charge is 0.354 e. The summed E-state index contributed by atoms with van der Waals surface area (Å²) in [4.78, 5) is 29.5. The molecule has 3 N–H and O–H groups in total. The highest BCUT2D eigenvalue weighted by molar-refractivity contribution is 5.82. The van der Waals surface area contributed by atoms with Crippen molar-refractivity contribution in [2.45, 2.75) is 38.5 Å². The Labute approximate surface area is 207 Å². The fourth-order valence-electron chi connectivity index (χ4n) is 3.83. The summed E-state index contributed by atoms with van der Waals surface area (Å²) in [6, 6.07) is 10.2. The summed E-state index contributed by atoms with van der Waals surface area (Å²) in [5.41, 5.74) is 1.60. The van der Waals surface area contributed by atoms with Crippen molar-refractivity contribution in [2.24, 2.45) is 5.41 Å². The maximum Gasteiger partial charge on any atom is 0.230 e. The van der Waals surface area contributed by atoms with Crippen LogP contribution in [0.5, 0.6) is 0 Å². The maximum absolute atomic E-state index is 13.6. The number of nitrogens with one attached hydrogen (secondary N) is 3. The molecule has 1 saturated heterocycles. The molecular weight excluding hydrogens is 465 g/mol. The summed E-state index contributed by atoms with van der Waals surface area (Å²) >= 11 is 0. The number of carbonyl (C=O) groups excluding carboxylic acids is 1. The van der Waals surface area contributed by atoms with Gasteiger partial charge in [0.25, 0.3) is 0 Å². The number of halogens is 1. The molecule has 3 aromatic rings. The number of benzene rings is 1. The van der Waals surface area contributed by atoms with E-state index >= 15 is 0 Å². The number of imidazole rings is 1. The van der Waals surface area contributed by atoms with Gasteiger partial charge in [-0.25, -0.2) is 19.3 Å². The lowest BCUT2D eigenvalue weighted by Crippen LogP contribution is -2.48. The molecule has 2 aromatic heterocycles. The lowest BCUT2D eigenvalue weighted by Gasteiger charge is -2.35. The molecule has 11 heteroatoms. The molecule has 36 heavy (non-hydrogen) atoms. The Morgan fingerprint density at radius 2 is 1.97 bits per heavy atom. The molecule has 0 unspecified atom stereocenters. The summed E-state index contributed by atoms with van der Waals surface area (Å²) in [5.74, 6) is 0.353. The molecule has 3 heterocycles. The van der Waals surface area contributed by atoms with Crippen LogP contribution in [0.2, 0.25) is 0 Å². The van der Waals surface area contributed by atoms with E-state index in [-0.39, 0.29) is 37.9 Å². The molecule has 1 aliphatic heterocycles. The Balaban J connectivity index is 1.40.